The van der Waals surface area contributed by atoms with Crippen molar-refractivity contribution in [2.45, 2.75) is 57.1 Å². The number of tetrazole rings is 1. The lowest BCUT2D eigenvalue weighted by Gasteiger charge is -2.23. The maximum Gasteiger partial charge on any atom is 0.234 e. The van der Waals surface area contributed by atoms with Crippen molar-refractivity contribution >= 4 is 17.7 Å². The summed E-state index contributed by atoms with van der Waals surface area (Å²) in [6, 6.07) is 3.79. The van der Waals surface area contributed by atoms with Gasteiger partial charge in [-0.15, -0.1) is 5.10 Å². The summed E-state index contributed by atoms with van der Waals surface area (Å²) in [6.45, 7) is 10.6. The molecule has 2 aromatic rings. The van der Waals surface area contributed by atoms with Crippen molar-refractivity contribution in [2.75, 3.05) is 0 Å². The second kappa shape index (κ2) is 7.74. The number of nitrogens with zero attached hydrogens (tertiary/aromatic N) is 5. The third-order valence-corrected chi connectivity index (χ3v) is 4.84. The van der Waals surface area contributed by atoms with Crippen LogP contribution in [-0.4, -0.2) is 36.3 Å². The molecule has 0 fully saturated rings. The zero-order valence-corrected chi connectivity index (χ0v) is 15.5. The van der Waals surface area contributed by atoms with Gasteiger partial charge >= 0.3 is 0 Å². The molecule has 2 aromatic heterocycles. The molecule has 2 rings (SSSR count). The summed E-state index contributed by atoms with van der Waals surface area (Å²) in [7, 11) is 0. The minimum atomic E-state index is -0.270. The molecule has 1 atom stereocenters. The molecule has 130 valence electrons. The maximum absolute atomic E-state index is 12.6. The monoisotopic (exact) mass is 348 g/mol. The van der Waals surface area contributed by atoms with Crippen LogP contribution >= 0.6 is 11.8 Å². The van der Waals surface area contributed by atoms with Crippen molar-refractivity contribution in [1.29, 1.82) is 0 Å². The van der Waals surface area contributed by atoms with E-state index in [1.54, 1.807) is 17.1 Å². The Kier molecular flexibility index (Phi) is 5.93. The molecule has 0 spiro atoms. The van der Waals surface area contributed by atoms with E-state index in [1.807, 2.05) is 46.8 Å². The van der Waals surface area contributed by atoms with E-state index in [0.717, 1.165) is 5.56 Å². The summed E-state index contributed by atoms with van der Waals surface area (Å²) in [6.07, 6.45) is 3.46. The highest BCUT2D eigenvalue weighted by atomic mass is 32.2. The molecule has 0 bridgehead atoms. The standard InChI is InChI=1S/C16H24N6OS/c1-11(2)13(14(23)18-10-12-7-6-8-17-9-12)24-15-19-20-21-22(15)16(3,4)5/h6-9,11,13H,10H2,1-5H3,(H,18,23)/t13-/m0/s1. The van der Waals surface area contributed by atoms with E-state index in [0.29, 0.717) is 11.7 Å². The molecule has 0 radical (unpaired) electrons. The van der Waals surface area contributed by atoms with Crippen LogP contribution in [0.5, 0.6) is 0 Å². The number of nitrogens with one attached hydrogen (secondary N) is 1. The van der Waals surface area contributed by atoms with Gasteiger partial charge in [0.2, 0.25) is 11.1 Å². The van der Waals surface area contributed by atoms with Crippen LogP contribution in [0, 0.1) is 5.92 Å². The molecule has 8 heteroatoms. The number of hydrogen-bond acceptors (Lipinski definition) is 6. The average molecular weight is 348 g/mol. The highest BCUT2D eigenvalue weighted by Gasteiger charge is 2.28. The normalized spacial score (nSPS) is 13.1. The topological polar surface area (TPSA) is 85.6 Å². The van der Waals surface area contributed by atoms with Crippen LogP contribution in [-0.2, 0) is 16.9 Å². The first-order valence-electron chi connectivity index (χ1n) is 7.91. The highest BCUT2D eigenvalue weighted by molar-refractivity contribution is 8.00. The molecular formula is C16H24N6OS. The fraction of sp³-hybridized carbons (Fsp3) is 0.562. The van der Waals surface area contributed by atoms with Crippen molar-refractivity contribution in [3.8, 4) is 0 Å². The van der Waals surface area contributed by atoms with E-state index < -0.39 is 0 Å². The summed E-state index contributed by atoms with van der Waals surface area (Å²) in [5.74, 6) is 0.122. The Morgan fingerprint density at radius 2 is 2.12 bits per heavy atom. The van der Waals surface area contributed by atoms with Crippen molar-refractivity contribution in [1.82, 2.24) is 30.5 Å². The van der Waals surface area contributed by atoms with Crippen LogP contribution in [0.1, 0.15) is 40.2 Å². The Hall–Kier alpha value is -1.96. The number of carbonyl (C=O) groups excluding carboxylic acids is 1. The fourth-order valence-corrected chi connectivity index (χ4v) is 3.26. The summed E-state index contributed by atoms with van der Waals surface area (Å²) < 4.78 is 1.75. The van der Waals surface area contributed by atoms with Crippen LogP contribution in [0.4, 0.5) is 0 Å². The van der Waals surface area contributed by atoms with Crippen LogP contribution < -0.4 is 5.32 Å². The second-order valence-corrected chi connectivity index (χ2v) is 8.01. The molecule has 0 aromatic carbocycles. The summed E-state index contributed by atoms with van der Waals surface area (Å²) in [5, 5.41) is 15.2. The summed E-state index contributed by atoms with van der Waals surface area (Å²) >= 11 is 1.40. The Morgan fingerprint density at radius 1 is 1.38 bits per heavy atom. The van der Waals surface area contributed by atoms with Gasteiger partial charge in [-0.2, -0.15) is 0 Å². The lowest BCUT2D eigenvalue weighted by molar-refractivity contribution is -0.121. The van der Waals surface area contributed by atoms with Crippen LogP contribution in [0.3, 0.4) is 0 Å². The van der Waals surface area contributed by atoms with E-state index >= 15 is 0 Å². The molecule has 0 aliphatic heterocycles. The van der Waals surface area contributed by atoms with Gasteiger partial charge in [-0.25, -0.2) is 4.68 Å². The number of carbonyl (C=O) groups is 1. The second-order valence-electron chi connectivity index (χ2n) is 6.91. The molecule has 7 nitrogen and oxygen atoms in total. The van der Waals surface area contributed by atoms with E-state index in [-0.39, 0.29) is 22.6 Å². The molecule has 0 unspecified atom stereocenters. The van der Waals surface area contributed by atoms with Crippen LogP contribution in [0.25, 0.3) is 0 Å². The van der Waals surface area contributed by atoms with Gasteiger partial charge in [0.1, 0.15) is 0 Å². The van der Waals surface area contributed by atoms with Gasteiger partial charge in [-0.05, 0) is 48.7 Å². The Bertz CT molecular complexity index is 665. The molecule has 24 heavy (non-hydrogen) atoms. The number of pyridine rings is 1. The van der Waals surface area contributed by atoms with E-state index in [4.69, 9.17) is 0 Å². The molecular weight excluding hydrogens is 324 g/mol. The molecule has 0 aliphatic rings. The third kappa shape index (κ3) is 4.77. The minimum absolute atomic E-state index is 0.0256. The summed E-state index contributed by atoms with van der Waals surface area (Å²) in [4.78, 5) is 16.7. The SMILES string of the molecule is CC(C)[C@H](Sc1nnnn1C(C)(C)C)C(=O)NCc1cccnc1. The lowest BCUT2D eigenvalue weighted by Crippen LogP contribution is -2.36. The van der Waals surface area contributed by atoms with Gasteiger partial charge < -0.3 is 5.32 Å². The first kappa shape index (κ1) is 18.4. The summed E-state index contributed by atoms with van der Waals surface area (Å²) in [5.41, 5.74) is 0.734. The Balaban J connectivity index is 2.07. The Labute approximate surface area is 146 Å². The average Bonchev–Trinajstić information content (AvgIpc) is 2.99. The van der Waals surface area contributed by atoms with Gasteiger partial charge in [-0.1, -0.05) is 31.7 Å². The zero-order chi connectivity index (χ0) is 17.7. The van der Waals surface area contributed by atoms with E-state index in [2.05, 4.69) is 25.8 Å². The largest absolute Gasteiger partial charge is 0.351 e. The van der Waals surface area contributed by atoms with Crippen LogP contribution in [0.2, 0.25) is 0 Å². The van der Waals surface area contributed by atoms with Crippen LogP contribution in [0.15, 0.2) is 29.7 Å². The molecule has 0 saturated heterocycles. The fourth-order valence-electron chi connectivity index (χ4n) is 2.07. The molecule has 1 amide bonds. The smallest absolute Gasteiger partial charge is 0.234 e. The molecule has 0 aliphatic carbocycles. The predicted molar refractivity (Wildman–Crippen MR) is 93.4 cm³/mol. The Morgan fingerprint density at radius 3 is 2.71 bits per heavy atom. The third-order valence-electron chi connectivity index (χ3n) is 3.36. The van der Waals surface area contributed by atoms with Gasteiger partial charge in [-0.3, -0.25) is 9.78 Å². The van der Waals surface area contributed by atoms with Crippen molar-refractivity contribution in [2.24, 2.45) is 5.92 Å². The molecule has 0 saturated carbocycles. The lowest BCUT2D eigenvalue weighted by atomic mass is 10.1. The molecule has 2 heterocycles. The number of rotatable bonds is 6. The first-order valence-corrected chi connectivity index (χ1v) is 8.79. The van der Waals surface area contributed by atoms with Gasteiger partial charge in [0.05, 0.1) is 10.8 Å². The van der Waals surface area contributed by atoms with Gasteiger partial charge in [0.15, 0.2) is 0 Å². The van der Waals surface area contributed by atoms with Gasteiger partial charge in [0.25, 0.3) is 0 Å². The highest BCUT2D eigenvalue weighted by Crippen LogP contribution is 2.29. The number of hydrogen-bond donors (Lipinski definition) is 1. The first-order chi connectivity index (χ1) is 11.3. The number of thioether (sulfide) groups is 1. The van der Waals surface area contributed by atoms with Crippen molar-refractivity contribution < 1.29 is 4.79 Å². The van der Waals surface area contributed by atoms with E-state index in [1.165, 1.54) is 11.8 Å². The zero-order valence-electron chi connectivity index (χ0n) is 14.7. The molecule has 1 N–H and O–H groups in total. The maximum atomic E-state index is 12.6. The predicted octanol–water partition coefficient (Wildman–Crippen LogP) is 2.26. The number of aromatic nitrogens is 5. The minimum Gasteiger partial charge on any atom is -0.351 e. The quantitative estimate of drug-likeness (QED) is 0.806. The van der Waals surface area contributed by atoms with E-state index in [9.17, 15) is 4.79 Å². The van der Waals surface area contributed by atoms with Gasteiger partial charge in [0, 0.05) is 18.9 Å². The van der Waals surface area contributed by atoms with Crippen molar-refractivity contribution in [3.05, 3.63) is 30.1 Å². The van der Waals surface area contributed by atoms with Crippen molar-refractivity contribution in [3.63, 3.8) is 0 Å². The number of amides is 1.